The molecule has 128 valence electrons. The van der Waals surface area contributed by atoms with Crippen molar-refractivity contribution in [3.05, 3.63) is 10.1 Å². The van der Waals surface area contributed by atoms with E-state index in [4.69, 9.17) is 39.5 Å². The van der Waals surface area contributed by atoms with Crippen molar-refractivity contribution in [2.75, 3.05) is 6.61 Å². The van der Waals surface area contributed by atoms with Gasteiger partial charge in [-0.15, -0.1) is 0 Å². The third kappa shape index (κ3) is 8.40. The van der Waals surface area contributed by atoms with Crippen molar-refractivity contribution in [1.82, 2.24) is 0 Å². The first-order valence-corrected chi connectivity index (χ1v) is 8.89. The van der Waals surface area contributed by atoms with Crippen LogP contribution in [-0.2, 0) is 14.3 Å². The summed E-state index contributed by atoms with van der Waals surface area (Å²) in [5, 5.41) is 0.409. The van der Waals surface area contributed by atoms with Gasteiger partial charge in [0, 0.05) is 16.0 Å². The van der Waals surface area contributed by atoms with E-state index in [1.165, 1.54) is 0 Å². The van der Waals surface area contributed by atoms with E-state index in [0.29, 0.717) is 42.4 Å². The van der Waals surface area contributed by atoms with Crippen LogP contribution in [0.3, 0.4) is 0 Å². The van der Waals surface area contributed by atoms with Gasteiger partial charge in [0.1, 0.15) is 0 Å². The molecule has 0 aliphatic heterocycles. The summed E-state index contributed by atoms with van der Waals surface area (Å²) < 4.78 is 5.06. The highest BCUT2D eigenvalue weighted by molar-refractivity contribution is 6.64. The standard InChI is InChI=1S/C16H25Cl3O3/c1-4-7-11(15(19)20)9-13(17)14(18)10-12(8-5-2)16(21)22-6-3/h11-12H,4-10H2,1-3H3. The Morgan fingerprint density at radius 2 is 1.32 bits per heavy atom. The molecule has 0 bridgehead atoms. The number of rotatable bonds is 11. The van der Waals surface area contributed by atoms with E-state index in [1.807, 2.05) is 13.8 Å². The lowest BCUT2D eigenvalue weighted by Gasteiger charge is -2.16. The van der Waals surface area contributed by atoms with E-state index in [2.05, 4.69) is 0 Å². The number of hydrogen-bond acceptors (Lipinski definition) is 3. The van der Waals surface area contributed by atoms with Gasteiger partial charge in [-0.2, -0.15) is 0 Å². The van der Waals surface area contributed by atoms with Crippen LogP contribution in [0.25, 0.3) is 0 Å². The summed E-state index contributed by atoms with van der Waals surface area (Å²) in [6.07, 6.45) is 3.70. The third-order valence-electron chi connectivity index (χ3n) is 3.36. The smallest absolute Gasteiger partial charge is 0.309 e. The molecule has 0 aliphatic rings. The molecule has 0 saturated carbocycles. The lowest BCUT2D eigenvalue weighted by molar-refractivity contribution is -0.148. The number of ether oxygens (including phenoxy) is 1. The molecular formula is C16H25Cl3O3. The predicted molar refractivity (Wildman–Crippen MR) is 92.3 cm³/mol. The minimum absolute atomic E-state index is 0.259. The summed E-state index contributed by atoms with van der Waals surface area (Å²) in [6.45, 7) is 6.08. The van der Waals surface area contributed by atoms with Crippen LogP contribution in [0.15, 0.2) is 10.1 Å². The lowest BCUT2D eigenvalue weighted by atomic mass is 9.97. The molecule has 0 aliphatic carbocycles. The molecule has 6 heteroatoms. The van der Waals surface area contributed by atoms with Crippen LogP contribution in [0.5, 0.6) is 0 Å². The zero-order chi connectivity index (χ0) is 17.1. The van der Waals surface area contributed by atoms with E-state index in [-0.39, 0.29) is 17.8 Å². The van der Waals surface area contributed by atoms with Crippen LogP contribution in [0.2, 0.25) is 0 Å². The quantitative estimate of drug-likeness (QED) is 0.350. The van der Waals surface area contributed by atoms with Crippen molar-refractivity contribution in [3.8, 4) is 0 Å². The number of carbonyl (C=O) groups is 2. The van der Waals surface area contributed by atoms with Gasteiger partial charge in [-0.3, -0.25) is 9.59 Å². The van der Waals surface area contributed by atoms with Crippen molar-refractivity contribution >= 4 is 46.0 Å². The number of esters is 1. The van der Waals surface area contributed by atoms with Gasteiger partial charge in [0.05, 0.1) is 12.5 Å². The zero-order valence-electron chi connectivity index (χ0n) is 13.5. The molecule has 0 rings (SSSR count). The Labute approximate surface area is 148 Å². The van der Waals surface area contributed by atoms with E-state index in [1.54, 1.807) is 6.92 Å². The van der Waals surface area contributed by atoms with Crippen molar-refractivity contribution < 1.29 is 14.3 Å². The van der Waals surface area contributed by atoms with Gasteiger partial charge in [0.2, 0.25) is 5.24 Å². The highest BCUT2D eigenvalue weighted by atomic mass is 35.5. The maximum absolute atomic E-state index is 11.9. The Balaban J connectivity index is 4.88. The summed E-state index contributed by atoms with van der Waals surface area (Å²) in [5.41, 5.74) is 0. The molecule has 2 atom stereocenters. The molecule has 0 aromatic rings. The third-order valence-corrected chi connectivity index (χ3v) is 4.53. The van der Waals surface area contributed by atoms with Crippen molar-refractivity contribution in [3.63, 3.8) is 0 Å². The zero-order valence-corrected chi connectivity index (χ0v) is 15.7. The first-order valence-electron chi connectivity index (χ1n) is 7.76. The molecular weight excluding hydrogens is 347 g/mol. The van der Waals surface area contributed by atoms with Gasteiger partial charge in [0.15, 0.2) is 0 Å². The fourth-order valence-electron chi connectivity index (χ4n) is 2.21. The van der Waals surface area contributed by atoms with Gasteiger partial charge in [-0.1, -0.05) is 49.9 Å². The Kier molecular flexibility index (Phi) is 12.1. The predicted octanol–water partition coefficient (Wildman–Crippen LogP) is 5.62. The minimum atomic E-state index is -0.403. The molecule has 22 heavy (non-hydrogen) atoms. The van der Waals surface area contributed by atoms with Crippen LogP contribution >= 0.6 is 34.8 Å². The highest BCUT2D eigenvalue weighted by Crippen LogP contribution is 2.31. The summed E-state index contributed by atoms with van der Waals surface area (Å²) in [6, 6.07) is 0. The Morgan fingerprint density at radius 1 is 0.864 bits per heavy atom. The van der Waals surface area contributed by atoms with Gasteiger partial charge >= 0.3 is 5.97 Å². The largest absolute Gasteiger partial charge is 0.466 e. The molecule has 0 aromatic heterocycles. The SMILES string of the molecule is CCCC(CC(Cl)=C(Cl)CC(CCC)C(=O)OCC)C(=O)Cl. The van der Waals surface area contributed by atoms with Crippen LogP contribution in [0.1, 0.15) is 59.3 Å². The summed E-state index contributed by atoms with van der Waals surface area (Å²) in [4.78, 5) is 23.3. The van der Waals surface area contributed by atoms with Gasteiger partial charge in [-0.25, -0.2) is 0 Å². The topological polar surface area (TPSA) is 43.4 Å². The van der Waals surface area contributed by atoms with Crippen LogP contribution in [0, 0.1) is 11.8 Å². The first kappa shape index (κ1) is 21.8. The fourth-order valence-corrected chi connectivity index (χ4v) is 2.92. The molecule has 0 fully saturated rings. The molecule has 0 aromatic carbocycles. The van der Waals surface area contributed by atoms with Crippen molar-refractivity contribution in [2.24, 2.45) is 11.8 Å². The second kappa shape index (κ2) is 12.2. The summed E-state index contributed by atoms with van der Waals surface area (Å²) >= 11 is 18.0. The molecule has 0 spiro atoms. The van der Waals surface area contributed by atoms with Crippen LogP contribution < -0.4 is 0 Å². The normalized spacial score (nSPS) is 15.0. The Hall–Kier alpha value is -0.250. The van der Waals surface area contributed by atoms with Gasteiger partial charge in [-0.05, 0) is 44.2 Å². The lowest BCUT2D eigenvalue weighted by Crippen LogP contribution is -2.18. The van der Waals surface area contributed by atoms with E-state index in [0.717, 1.165) is 12.8 Å². The second-order valence-corrected chi connectivity index (χ2v) is 6.53. The average Bonchev–Trinajstić information content (AvgIpc) is 2.46. The van der Waals surface area contributed by atoms with Crippen molar-refractivity contribution in [2.45, 2.75) is 59.3 Å². The summed E-state index contributed by atoms with van der Waals surface area (Å²) in [7, 11) is 0. The molecule has 0 radical (unpaired) electrons. The average molecular weight is 372 g/mol. The van der Waals surface area contributed by atoms with Crippen LogP contribution in [-0.4, -0.2) is 17.8 Å². The molecule has 2 unspecified atom stereocenters. The number of carbonyl (C=O) groups excluding carboxylic acids is 2. The maximum atomic E-state index is 11.9. The van der Waals surface area contributed by atoms with E-state index >= 15 is 0 Å². The van der Waals surface area contributed by atoms with E-state index in [9.17, 15) is 9.59 Å². The Morgan fingerprint density at radius 3 is 1.73 bits per heavy atom. The molecule has 0 amide bonds. The minimum Gasteiger partial charge on any atom is -0.466 e. The first-order chi connectivity index (χ1) is 10.4. The van der Waals surface area contributed by atoms with Crippen LogP contribution in [0.4, 0.5) is 0 Å². The number of halogens is 3. The molecule has 0 saturated heterocycles. The fraction of sp³-hybridized carbons (Fsp3) is 0.750. The number of allylic oxidation sites excluding steroid dienone is 2. The number of hydrogen-bond donors (Lipinski definition) is 0. The van der Waals surface area contributed by atoms with Crippen molar-refractivity contribution in [1.29, 1.82) is 0 Å². The summed E-state index contributed by atoms with van der Waals surface area (Å²) in [5.74, 6) is -0.895. The van der Waals surface area contributed by atoms with E-state index < -0.39 is 5.24 Å². The highest BCUT2D eigenvalue weighted by Gasteiger charge is 2.23. The molecule has 3 nitrogen and oxygen atoms in total. The molecule has 0 heterocycles. The second-order valence-electron chi connectivity index (χ2n) is 5.25. The monoisotopic (exact) mass is 370 g/mol. The Bertz CT molecular complexity index is 394. The molecule has 0 N–H and O–H groups in total. The van der Waals surface area contributed by atoms with Gasteiger partial charge in [0.25, 0.3) is 0 Å². The maximum Gasteiger partial charge on any atom is 0.309 e. The van der Waals surface area contributed by atoms with Gasteiger partial charge < -0.3 is 4.74 Å².